The molecule has 0 N–H and O–H groups in total. The van der Waals surface area contributed by atoms with E-state index in [-0.39, 0.29) is 0 Å². The smallest absolute Gasteiger partial charge is 0.0594 e. The quantitative estimate of drug-likeness (QED) is 0.775. The van der Waals surface area contributed by atoms with Crippen LogP contribution in [0.1, 0.15) is 18.9 Å². The fourth-order valence-corrected chi connectivity index (χ4v) is 2.35. The van der Waals surface area contributed by atoms with Gasteiger partial charge in [-0.05, 0) is 30.9 Å². The Bertz CT molecular complexity index is 306. The molecule has 1 heterocycles. The van der Waals surface area contributed by atoms with E-state index in [1.54, 1.807) is 0 Å². The van der Waals surface area contributed by atoms with E-state index < -0.39 is 0 Å². The van der Waals surface area contributed by atoms with Crippen LogP contribution in [-0.2, 0) is 11.2 Å². The Hall–Kier alpha value is -0.860. The summed E-state index contributed by atoms with van der Waals surface area (Å²) < 4.78 is 5.36. The highest BCUT2D eigenvalue weighted by Crippen LogP contribution is 2.12. The number of nitrogens with zero attached hydrogens (tertiary/aromatic N) is 1. The molecule has 1 atom stereocenters. The second kappa shape index (κ2) is 6.77. The second-order valence-electron chi connectivity index (χ2n) is 5.04. The lowest BCUT2D eigenvalue weighted by molar-refractivity contribution is 0.0357. The Kier molecular flexibility index (Phi) is 5.02. The van der Waals surface area contributed by atoms with Crippen molar-refractivity contribution in [3.63, 3.8) is 0 Å². The van der Waals surface area contributed by atoms with Crippen molar-refractivity contribution in [2.45, 2.75) is 19.8 Å². The molecule has 94 valence electrons. The summed E-state index contributed by atoms with van der Waals surface area (Å²) in [5.74, 6) is 0.764. The van der Waals surface area contributed by atoms with Gasteiger partial charge in [0.05, 0.1) is 13.2 Å². The molecule has 1 saturated heterocycles. The topological polar surface area (TPSA) is 12.5 Å². The Balaban J connectivity index is 1.68. The van der Waals surface area contributed by atoms with Crippen molar-refractivity contribution in [3.8, 4) is 0 Å². The first-order valence-electron chi connectivity index (χ1n) is 6.68. The van der Waals surface area contributed by atoms with Crippen LogP contribution in [0.2, 0.25) is 0 Å². The molecule has 1 aromatic carbocycles. The SMILES string of the molecule is CC(CCN1CCOCC1)Cc1ccccc1. The number of rotatable bonds is 5. The first-order chi connectivity index (χ1) is 8.34. The molecule has 2 nitrogen and oxygen atoms in total. The van der Waals surface area contributed by atoms with E-state index in [9.17, 15) is 0 Å². The van der Waals surface area contributed by atoms with Gasteiger partial charge in [-0.25, -0.2) is 0 Å². The minimum absolute atomic E-state index is 0.764. The predicted molar refractivity (Wildman–Crippen MR) is 71.2 cm³/mol. The zero-order valence-corrected chi connectivity index (χ0v) is 10.8. The van der Waals surface area contributed by atoms with Crippen molar-refractivity contribution in [1.82, 2.24) is 4.90 Å². The summed E-state index contributed by atoms with van der Waals surface area (Å²) in [4.78, 5) is 2.52. The van der Waals surface area contributed by atoms with Gasteiger partial charge in [0.25, 0.3) is 0 Å². The van der Waals surface area contributed by atoms with Crippen molar-refractivity contribution in [3.05, 3.63) is 35.9 Å². The lowest BCUT2D eigenvalue weighted by Crippen LogP contribution is -2.37. The third kappa shape index (κ3) is 4.49. The molecule has 1 aliphatic heterocycles. The number of benzene rings is 1. The first kappa shape index (κ1) is 12.6. The van der Waals surface area contributed by atoms with Crippen LogP contribution in [0.4, 0.5) is 0 Å². The van der Waals surface area contributed by atoms with Crippen LogP contribution in [0, 0.1) is 5.92 Å². The van der Waals surface area contributed by atoms with Crippen molar-refractivity contribution < 1.29 is 4.74 Å². The minimum Gasteiger partial charge on any atom is -0.379 e. The summed E-state index contributed by atoms with van der Waals surface area (Å²) in [6.07, 6.45) is 2.49. The molecule has 0 amide bonds. The summed E-state index contributed by atoms with van der Waals surface area (Å²) in [5.41, 5.74) is 1.46. The summed E-state index contributed by atoms with van der Waals surface area (Å²) in [6.45, 7) is 7.61. The number of ether oxygens (including phenoxy) is 1. The van der Waals surface area contributed by atoms with E-state index in [0.29, 0.717) is 0 Å². The van der Waals surface area contributed by atoms with Crippen LogP contribution in [0.3, 0.4) is 0 Å². The zero-order chi connectivity index (χ0) is 11.9. The van der Waals surface area contributed by atoms with Gasteiger partial charge < -0.3 is 4.74 Å². The molecule has 0 aliphatic carbocycles. The normalized spacial score (nSPS) is 19.1. The van der Waals surface area contributed by atoms with Crippen LogP contribution in [0.15, 0.2) is 30.3 Å². The third-order valence-electron chi connectivity index (χ3n) is 3.47. The number of hydrogen-bond donors (Lipinski definition) is 0. The molecule has 1 unspecified atom stereocenters. The molecule has 1 aromatic rings. The molecular weight excluding hydrogens is 210 g/mol. The Morgan fingerprint density at radius 3 is 2.59 bits per heavy atom. The Morgan fingerprint density at radius 1 is 1.18 bits per heavy atom. The maximum atomic E-state index is 5.36. The highest BCUT2D eigenvalue weighted by Gasteiger charge is 2.11. The average molecular weight is 233 g/mol. The summed E-state index contributed by atoms with van der Waals surface area (Å²) in [5, 5.41) is 0. The predicted octanol–water partition coefficient (Wildman–Crippen LogP) is 2.59. The Labute approximate surface area is 105 Å². The molecule has 0 spiro atoms. The van der Waals surface area contributed by atoms with E-state index in [1.807, 2.05) is 0 Å². The molecule has 0 radical (unpaired) electrons. The van der Waals surface area contributed by atoms with E-state index in [0.717, 1.165) is 32.2 Å². The van der Waals surface area contributed by atoms with Gasteiger partial charge in [0.15, 0.2) is 0 Å². The van der Waals surface area contributed by atoms with Gasteiger partial charge in [0.2, 0.25) is 0 Å². The van der Waals surface area contributed by atoms with Gasteiger partial charge in [-0.15, -0.1) is 0 Å². The highest BCUT2D eigenvalue weighted by atomic mass is 16.5. The second-order valence-corrected chi connectivity index (χ2v) is 5.04. The largest absolute Gasteiger partial charge is 0.379 e. The zero-order valence-electron chi connectivity index (χ0n) is 10.8. The van der Waals surface area contributed by atoms with Crippen molar-refractivity contribution in [1.29, 1.82) is 0 Å². The van der Waals surface area contributed by atoms with Crippen LogP contribution in [0.25, 0.3) is 0 Å². The van der Waals surface area contributed by atoms with Gasteiger partial charge >= 0.3 is 0 Å². The van der Waals surface area contributed by atoms with Gasteiger partial charge in [-0.3, -0.25) is 4.90 Å². The van der Waals surface area contributed by atoms with E-state index >= 15 is 0 Å². The van der Waals surface area contributed by atoms with E-state index in [2.05, 4.69) is 42.2 Å². The van der Waals surface area contributed by atoms with Gasteiger partial charge in [-0.2, -0.15) is 0 Å². The number of morpholine rings is 1. The molecule has 1 aliphatic rings. The standard InChI is InChI=1S/C15H23NO/c1-14(13-15-5-3-2-4-6-15)7-8-16-9-11-17-12-10-16/h2-6,14H,7-13H2,1H3. The molecule has 0 bridgehead atoms. The monoisotopic (exact) mass is 233 g/mol. The third-order valence-corrected chi connectivity index (χ3v) is 3.47. The fourth-order valence-electron chi connectivity index (χ4n) is 2.35. The van der Waals surface area contributed by atoms with Crippen molar-refractivity contribution in [2.75, 3.05) is 32.8 Å². The molecule has 0 aromatic heterocycles. The fraction of sp³-hybridized carbons (Fsp3) is 0.600. The van der Waals surface area contributed by atoms with Gasteiger partial charge in [0, 0.05) is 13.1 Å². The summed E-state index contributed by atoms with van der Waals surface area (Å²) in [7, 11) is 0. The summed E-state index contributed by atoms with van der Waals surface area (Å²) in [6, 6.07) is 10.8. The maximum Gasteiger partial charge on any atom is 0.0594 e. The summed E-state index contributed by atoms with van der Waals surface area (Å²) >= 11 is 0. The molecule has 0 saturated carbocycles. The van der Waals surface area contributed by atoms with Gasteiger partial charge in [-0.1, -0.05) is 37.3 Å². The first-order valence-corrected chi connectivity index (χ1v) is 6.68. The van der Waals surface area contributed by atoms with Crippen LogP contribution in [-0.4, -0.2) is 37.7 Å². The minimum atomic E-state index is 0.764. The van der Waals surface area contributed by atoms with Crippen LogP contribution in [0.5, 0.6) is 0 Å². The highest BCUT2D eigenvalue weighted by molar-refractivity contribution is 5.15. The van der Waals surface area contributed by atoms with E-state index in [4.69, 9.17) is 4.74 Å². The maximum absolute atomic E-state index is 5.36. The van der Waals surface area contributed by atoms with E-state index in [1.165, 1.54) is 24.9 Å². The lowest BCUT2D eigenvalue weighted by atomic mass is 9.98. The average Bonchev–Trinajstić information content (AvgIpc) is 2.39. The molecular formula is C15H23NO. The van der Waals surface area contributed by atoms with Crippen molar-refractivity contribution in [2.24, 2.45) is 5.92 Å². The Morgan fingerprint density at radius 2 is 1.88 bits per heavy atom. The van der Waals surface area contributed by atoms with Crippen molar-refractivity contribution >= 4 is 0 Å². The van der Waals surface area contributed by atoms with Crippen LogP contribution >= 0.6 is 0 Å². The molecule has 2 rings (SSSR count). The van der Waals surface area contributed by atoms with Gasteiger partial charge in [0.1, 0.15) is 0 Å². The van der Waals surface area contributed by atoms with Crippen LogP contribution < -0.4 is 0 Å². The lowest BCUT2D eigenvalue weighted by Gasteiger charge is -2.27. The molecule has 2 heteroatoms. The number of hydrogen-bond acceptors (Lipinski definition) is 2. The molecule has 1 fully saturated rings. The molecule has 17 heavy (non-hydrogen) atoms.